The van der Waals surface area contributed by atoms with Crippen LogP contribution in [0.15, 0.2) is 48.5 Å². The molecule has 132 valence electrons. The summed E-state index contributed by atoms with van der Waals surface area (Å²) in [7, 11) is 0. The first-order valence-electron chi connectivity index (χ1n) is 8.11. The van der Waals surface area contributed by atoms with Crippen LogP contribution in [-0.4, -0.2) is 24.2 Å². The Balaban J connectivity index is 1.57. The van der Waals surface area contributed by atoms with Crippen molar-refractivity contribution in [3.63, 3.8) is 0 Å². The van der Waals surface area contributed by atoms with Gasteiger partial charge in [0.1, 0.15) is 11.4 Å². The summed E-state index contributed by atoms with van der Waals surface area (Å²) in [5.74, 6) is 0.240. The second-order valence-electron chi connectivity index (χ2n) is 6.20. The van der Waals surface area contributed by atoms with Crippen molar-refractivity contribution in [2.45, 2.75) is 18.4 Å². The Morgan fingerprint density at radius 3 is 2.56 bits per heavy atom. The minimum Gasteiger partial charge on any atom is -0.482 e. The first kappa shape index (κ1) is 18.1. The highest BCUT2D eigenvalue weighted by Crippen LogP contribution is 2.45. The Hall–Kier alpha value is -1.75. The maximum Gasteiger partial charge on any atom is 0.258 e. The molecule has 1 fully saturated rings. The number of halogens is 2. The Morgan fingerprint density at radius 1 is 1.20 bits per heavy atom. The topological polar surface area (TPSA) is 58.6 Å². The molecule has 6 heteroatoms. The summed E-state index contributed by atoms with van der Waals surface area (Å²) in [5, 5.41) is 14.6. The van der Waals surface area contributed by atoms with Gasteiger partial charge in [-0.1, -0.05) is 53.5 Å². The molecule has 1 aliphatic carbocycles. The smallest absolute Gasteiger partial charge is 0.258 e. The fraction of sp³-hybridized carbons (Fsp3) is 0.316. The molecule has 0 radical (unpaired) electrons. The summed E-state index contributed by atoms with van der Waals surface area (Å²) in [5.41, 5.74) is -0.228. The Labute approximate surface area is 156 Å². The predicted molar refractivity (Wildman–Crippen MR) is 98.0 cm³/mol. The number of carbonyl (C=O) groups is 1. The highest BCUT2D eigenvalue weighted by Gasteiger charge is 2.45. The molecule has 0 bridgehead atoms. The highest BCUT2D eigenvalue weighted by atomic mass is 35.5. The molecule has 0 aliphatic heterocycles. The molecule has 2 N–H and O–H groups in total. The fourth-order valence-electron chi connectivity index (χ4n) is 2.79. The van der Waals surface area contributed by atoms with E-state index in [-0.39, 0.29) is 25.0 Å². The molecule has 2 aromatic rings. The molecule has 1 saturated carbocycles. The van der Waals surface area contributed by atoms with Gasteiger partial charge in [-0.05, 0) is 42.5 Å². The Morgan fingerprint density at radius 2 is 1.92 bits per heavy atom. The number of benzene rings is 2. The van der Waals surface area contributed by atoms with Crippen LogP contribution in [0.2, 0.25) is 10.0 Å². The number of amides is 1. The van der Waals surface area contributed by atoms with Gasteiger partial charge >= 0.3 is 0 Å². The predicted octanol–water partition coefficient (Wildman–Crippen LogP) is 3.79. The van der Waals surface area contributed by atoms with Crippen LogP contribution in [0.3, 0.4) is 0 Å². The number of rotatable bonds is 7. The quantitative estimate of drug-likeness (QED) is 0.769. The summed E-state index contributed by atoms with van der Waals surface area (Å²) in [6, 6.07) is 14.2. The number of aliphatic hydroxyl groups is 1. The molecule has 1 aliphatic rings. The van der Waals surface area contributed by atoms with E-state index in [1.807, 2.05) is 30.3 Å². The van der Waals surface area contributed by atoms with Crippen LogP contribution in [0.4, 0.5) is 0 Å². The average Bonchev–Trinajstić information content (AvgIpc) is 3.45. The number of hydrogen-bond donors (Lipinski definition) is 2. The Bertz CT molecular complexity index is 750. The standard InChI is InChI=1S/C19H19Cl2NO3/c20-15-8-9-17(16(21)10-15)25-11-18(23)22-12-19(24,14-6-7-14)13-4-2-1-3-5-13/h1-5,8-10,14,24H,6-7,11-12H2,(H,22,23). The molecule has 1 amide bonds. The van der Waals surface area contributed by atoms with Crippen LogP contribution in [0.5, 0.6) is 5.75 Å². The molecular formula is C19H19Cl2NO3. The van der Waals surface area contributed by atoms with E-state index >= 15 is 0 Å². The van der Waals surface area contributed by atoms with E-state index in [9.17, 15) is 9.90 Å². The number of ether oxygens (including phenoxy) is 1. The first-order chi connectivity index (χ1) is 12.0. The molecule has 3 rings (SSSR count). The second kappa shape index (κ2) is 7.65. The minimum absolute atomic E-state index is 0.151. The van der Waals surface area contributed by atoms with Crippen LogP contribution >= 0.6 is 23.2 Å². The number of nitrogens with one attached hydrogen (secondary N) is 1. The number of carbonyl (C=O) groups excluding carboxylic acids is 1. The normalized spacial score (nSPS) is 16.1. The van der Waals surface area contributed by atoms with Crippen molar-refractivity contribution in [1.29, 1.82) is 0 Å². The van der Waals surface area contributed by atoms with Gasteiger partial charge < -0.3 is 15.2 Å². The monoisotopic (exact) mass is 379 g/mol. The van der Waals surface area contributed by atoms with E-state index in [1.54, 1.807) is 18.2 Å². The van der Waals surface area contributed by atoms with Crippen molar-refractivity contribution >= 4 is 29.1 Å². The van der Waals surface area contributed by atoms with Crippen molar-refractivity contribution in [2.75, 3.05) is 13.2 Å². The van der Waals surface area contributed by atoms with Crippen molar-refractivity contribution in [1.82, 2.24) is 5.32 Å². The summed E-state index contributed by atoms with van der Waals surface area (Å²) in [6.45, 7) is -0.0326. The lowest BCUT2D eigenvalue weighted by Crippen LogP contribution is -2.43. The van der Waals surface area contributed by atoms with Crippen LogP contribution < -0.4 is 10.1 Å². The van der Waals surface area contributed by atoms with Crippen molar-refractivity contribution in [3.05, 3.63) is 64.1 Å². The minimum atomic E-state index is -1.05. The summed E-state index contributed by atoms with van der Waals surface area (Å²) in [4.78, 5) is 12.1. The van der Waals surface area contributed by atoms with Gasteiger partial charge in [-0.25, -0.2) is 0 Å². The number of hydrogen-bond acceptors (Lipinski definition) is 3. The average molecular weight is 380 g/mol. The first-order valence-corrected chi connectivity index (χ1v) is 8.87. The zero-order valence-electron chi connectivity index (χ0n) is 13.5. The lowest BCUT2D eigenvalue weighted by Gasteiger charge is -2.29. The molecule has 4 nitrogen and oxygen atoms in total. The Kier molecular flexibility index (Phi) is 5.52. The van der Waals surface area contributed by atoms with Gasteiger partial charge in [-0.15, -0.1) is 0 Å². The second-order valence-corrected chi connectivity index (χ2v) is 7.05. The van der Waals surface area contributed by atoms with E-state index < -0.39 is 5.60 Å². The SMILES string of the molecule is O=C(COc1ccc(Cl)cc1Cl)NCC(O)(c1ccccc1)C1CC1. The third-order valence-electron chi connectivity index (χ3n) is 4.33. The molecule has 1 unspecified atom stereocenters. The molecule has 1 atom stereocenters. The van der Waals surface area contributed by atoms with E-state index in [2.05, 4.69) is 5.32 Å². The fourth-order valence-corrected chi connectivity index (χ4v) is 3.25. The van der Waals surface area contributed by atoms with Gasteiger partial charge in [-0.2, -0.15) is 0 Å². The lowest BCUT2D eigenvalue weighted by atomic mass is 9.88. The largest absolute Gasteiger partial charge is 0.482 e. The van der Waals surface area contributed by atoms with Gasteiger partial charge in [0.15, 0.2) is 6.61 Å². The van der Waals surface area contributed by atoms with Gasteiger partial charge in [-0.3, -0.25) is 4.79 Å². The van der Waals surface area contributed by atoms with Gasteiger partial charge in [0.25, 0.3) is 5.91 Å². The molecule has 0 heterocycles. The van der Waals surface area contributed by atoms with Crippen LogP contribution in [0.1, 0.15) is 18.4 Å². The summed E-state index contributed by atoms with van der Waals surface area (Å²) < 4.78 is 5.42. The molecule has 2 aromatic carbocycles. The van der Waals surface area contributed by atoms with E-state index in [4.69, 9.17) is 27.9 Å². The molecular weight excluding hydrogens is 361 g/mol. The third kappa shape index (κ3) is 4.46. The van der Waals surface area contributed by atoms with Crippen molar-refractivity contribution < 1.29 is 14.6 Å². The molecule has 25 heavy (non-hydrogen) atoms. The summed E-state index contributed by atoms with van der Waals surface area (Å²) >= 11 is 11.8. The highest BCUT2D eigenvalue weighted by molar-refractivity contribution is 6.35. The summed E-state index contributed by atoms with van der Waals surface area (Å²) in [6.07, 6.45) is 1.91. The van der Waals surface area contributed by atoms with Crippen LogP contribution in [0, 0.1) is 5.92 Å². The van der Waals surface area contributed by atoms with Crippen molar-refractivity contribution in [3.8, 4) is 5.75 Å². The van der Waals surface area contributed by atoms with Gasteiger partial charge in [0, 0.05) is 5.02 Å². The van der Waals surface area contributed by atoms with E-state index in [0.29, 0.717) is 15.8 Å². The molecule has 0 saturated heterocycles. The van der Waals surface area contributed by atoms with E-state index in [0.717, 1.165) is 18.4 Å². The zero-order valence-corrected chi connectivity index (χ0v) is 15.1. The zero-order chi connectivity index (χ0) is 17.9. The molecule has 0 aromatic heterocycles. The third-order valence-corrected chi connectivity index (χ3v) is 4.86. The van der Waals surface area contributed by atoms with Crippen LogP contribution in [0.25, 0.3) is 0 Å². The lowest BCUT2D eigenvalue weighted by molar-refractivity contribution is -0.124. The van der Waals surface area contributed by atoms with Gasteiger partial charge in [0.2, 0.25) is 0 Å². The van der Waals surface area contributed by atoms with E-state index in [1.165, 1.54) is 0 Å². The maximum absolute atomic E-state index is 12.1. The van der Waals surface area contributed by atoms with Crippen LogP contribution in [-0.2, 0) is 10.4 Å². The van der Waals surface area contributed by atoms with Gasteiger partial charge in [0.05, 0.1) is 11.6 Å². The van der Waals surface area contributed by atoms with Crippen molar-refractivity contribution in [2.24, 2.45) is 5.92 Å². The maximum atomic E-state index is 12.1. The molecule has 0 spiro atoms.